The van der Waals surface area contributed by atoms with Crippen molar-refractivity contribution in [1.82, 2.24) is 0 Å². The maximum atomic E-state index is 3.35. The van der Waals surface area contributed by atoms with Crippen LogP contribution in [0.5, 0.6) is 0 Å². The summed E-state index contributed by atoms with van der Waals surface area (Å²) < 4.78 is 0. The third-order valence-corrected chi connectivity index (χ3v) is 9.64. The summed E-state index contributed by atoms with van der Waals surface area (Å²) in [6.07, 6.45) is 0. The molecule has 1 radical (unpaired) electrons. The van der Waals surface area contributed by atoms with Crippen molar-refractivity contribution in [2.75, 3.05) is 36.1 Å². The average molecular weight is 888 g/mol. The van der Waals surface area contributed by atoms with Gasteiger partial charge in [-0.3, -0.25) is 0 Å². The van der Waals surface area contributed by atoms with Gasteiger partial charge in [-0.1, -0.05) is 42.1 Å². The first-order valence-electron chi connectivity index (χ1n) is 18.1. The van der Waals surface area contributed by atoms with E-state index in [4.69, 9.17) is 0 Å². The largest absolute Gasteiger partial charge is 7.00 e. The van der Waals surface area contributed by atoms with Crippen LogP contribution in [0, 0.1) is 44.3 Å². The number of anilines is 8. The number of para-hydroxylation sites is 7. The smallest absolute Gasteiger partial charge is 0.526 e. The third kappa shape index (κ3) is 7.67. The first-order valence-corrected chi connectivity index (χ1v) is 18.1. The fourth-order valence-electron chi connectivity index (χ4n) is 7.13. The fraction of sp³-hybridized carbons (Fsp3) is 0.0625. The minimum absolute atomic E-state index is 0. The van der Waals surface area contributed by atoms with Gasteiger partial charge in [-0.15, -0.1) is 16.8 Å². The van der Waals surface area contributed by atoms with Crippen molar-refractivity contribution in [3.05, 3.63) is 225 Å². The summed E-state index contributed by atoms with van der Waals surface area (Å²) in [6, 6.07) is 71.0. The van der Waals surface area contributed by atoms with E-state index in [1.807, 2.05) is 60.7 Å². The predicted octanol–water partition coefficient (Wildman–Crippen LogP) is 10.5. The van der Waals surface area contributed by atoms with Crippen molar-refractivity contribution in [3.63, 3.8) is 0 Å². The van der Waals surface area contributed by atoms with Crippen molar-refractivity contribution in [2.45, 2.75) is 13.1 Å². The molecule has 7 heteroatoms. The second kappa shape index (κ2) is 16.6. The minimum atomic E-state index is 0. The van der Waals surface area contributed by atoms with E-state index in [1.54, 1.807) is 0 Å². The van der Waals surface area contributed by atoms with Gasteiger partial charge in [0.2, 0.25) is 0 Å². The van der Waals surface area contributed by atoms with Crippen LogP contribution in [0.15, 0.2) is 170 Å². The third-order valence-electron chi connectivity index (χ3n) is 9.64. The normalized spacial score (nSPS) is 13.8. The van der Waals surface area contributed by atoms with Crippen LogP contribution in [-0.2, 0) is 32.9 Å². The molecule has 0 fully saturated rings. The summed E-state index contributed by atoms with van der Waals surface area (Å²) in [5.74, 6) is 0. The van der Waals surface area contributed by atoms with Crippen LogP contribution in [0.1, 0.15) is 11.1 Å². The zero-order valence-corrected chi connectivity index (χ0v) is 32.6. The van der Waals surface area contributed by atoms with Crippen LogP contribution in [0.3, 0.4) is 0 Å². The molecule has 0 aromatic heterocycles. The Balaban J connectivity index is 0.000000168. The Morgan fingerprint density at radius 3 is 1.35 bits per heavy atom. The Morgan fingerprint density at radius 1 is 0.400 bits per heavy atom. The van der Waals surface area contributed by atoms with Gasteiger partial charge in [0.15, 0.2) is 0 Å². The molecule has 0 spiro atoms. The van der Waals surface area contributed by atoms with E-state index >= 15 is 0 Å². The maximum Gasteiger partial charge on any atom is 7.00 e. The first kappa shape index (κ1) is 36.0. The number of hydrogen-bond donors (Lipinski definition) is 0. The van der Waals surface area contributed by atoms with E-state index in [2.05, 4.69) is 183 Å². The molecule has 3 aliphatic heterocycles. The number of fused-ring (bicyclic) bond motifs is 3. The predicted molar refractivity (Wildman–Crippen MR) is 220 cm³/mol. The van der Waals surface area contributed by atoms with E-state index < -0.39 is 0 Å². The Kier molecular flexibility index (Phi) is 10.8. The van der Waals surface area contributed by atoms with Crippen molar-refractivity contribution < 1.29 is 19.8 Å². The Hall–Kier alpha value is -6.02. The van der Waals surface area contributed by atoms with Gasteiger partial charge in [-0.05, 0) is 49.5 Å². The van der Waals surface area contributed by atoms with Gasteiger partial charge in [0.25, 0.3) is 0 Å². The molecule has 0 saturated heterocycles. The molecule has 0 unspecified atom stereocenters. The quantitative estimate of drug-likeness (QED) is 0.141. The number of nitrogens with zero attached hydrogens (tertiary/aromatic N) is 6. The van der Waals surface area contributed by atoms with Crippen LogP contribution in [-0.4, -0.2) is 6.67 Å². The monoisotopic (exact) mass is 889 g/mol. The van der Waals surface area contributed by atoms with E-state index in [0.29, 0.717) is 0 Å². The molecule has 0 atom stereocenters. The first-order chi connectivity index (χ1) is 26.8. The van der Waals surface area contributed by atoms with Gasteiger partial charge < -0.3 is 29.4 Å². The minimum Gasteiger partial charge on any atom is -0.526 e. The SMILES string of the molecule is [Os+7].[c-]1cccc(N2[CH-]N(c3[c-]cccc3)c3ccccc32)c1.[c-]1ccccc1CN1[CH-]N(CN2[CH-]N(Cc3[c-]cccc3)c3ccccc32)c2ccccc21. The molecule has 0 bridgehead atoms. The standard InChI is InChI=1S/C29H24N4.C19H13N2.Os/c1-3-11-24(12-4-1)19-30-21-32(28-17-9-7-15-26(28)30)23-33-22-31(20-25-13-5-2-6-14-25)27-16-8-10-18-29(27)33;1-3-9-16(10-4-1)20-15-21(17-11-5-2-6-12-17)19-14-8-7-13-18(19)20;/h1-11,13,15-18,21-22H,19-20,23H2;1-5,7-9,11-15H;/q-4;-3;+7. The molecule has 267 valence electrons. The van der Waals surface area contributed by atoms with Gasteiger partial charge in [-0.2, -0.15) is 141 Å². The molecule has 0 N–H and O–H groups in total. The molecular formula is C48H37N6Os. The van der Waals surface area contributed by atoms with E-state index in [9.17, 15) is 0 Å². The van der Waals surface area contributed by atoms with Crippen LogP contribution in [0.4, 0.5) is 45.5 Å². The summed E-state index contributed by atoms with van der Waals surface area (Å²) in [4.78, 5) is 13.6. The van der Waals surface area contributed by atoms with Crippen LogP contribution in [0.25, 0.3) is 0 Å². The second-order valence-corrected chi connectivity index (χ2v) is 13.2. The Bertz CT molecular complexity index is 2130. The molecule has 10 rings (SSSR count). The zero-order chi connectivity index (χ0) is 36.1. The van der Waals surface area contributed by atoms with E-state index in [-0.39, 0.29) is 19.8 Å². The molecule has 3 heterocycles. The van der Waals surface area contributed by atoms with Gasteiger partial charge >= 0.3 is 19.8 Å². The molecular weight excluding hydrogens is 851 g/mol. The van der Waals surface area contributed by atoms with Crippen molar-refractivity contribution in [1.29, 1.82) is 0 Å². The average Bonchev–Trinajstić information content (AvgIpc) is 3.91. The number of benzene rings is 7. The Labute approximate surface area is 338 Å². The summed E-state index contributed by atoms with van der Waals surface area (Å²) in [7, 11) is 0. The maximum absolute atomic E-state index is 3.35. The van der Waals surface area contributed by atoms with Crippen molar-refractivity contribution in [3.8, 4) is 0 Å². The summed E-state index contributed by atoms with van der Waals surface area (Å²) in [5, 5.41) is 0. The van der Waals surface area contributed by atoms with Crippen LogP contribution in [0.2, 0.25) is 0 Å². The molecule has 3 aliphatic rings. The fourth-order valence-corrected chi connectivity index (χ4v) is 7.13. The molecule has 0 saturated carbocycles. The van der Waals surface area contributed by atoms with Gasteiger partial charge in [0.05, 0.1) is 0 Å². The van der Waals surface area contributed by atoms with Crippen molar-refractivity contribution in [2.24, 2.45) is 0 Å². The summed E-state index contributed by atoms with van der Waals surface area (Å²) in [5.41, 5.74) is 11.7. The number of hydrogen-bond acceptors (Lipinski definition) is 6. The van der Waals surface area contributed by atoms with Crippen LogP contribution >= 0.6 is 0 Å². The molecule has 55 heavy (non-hydrogen) atoms. The van der Waals surface area contributed by atoms with E-state index in [1.165, 1.54) is 33.9 Å². The van der Waals surface area contributed by atoms with Gasteiger partial charge in [-0.25, -0.2) is 0 Å². The molecule has 0 aliphatic carbocycles. The number of rotatable bonds is 8. The van der Waals surface area contributed by atoms with Crippen molar-refractivity contribution >= 4 is 45.5 Å². The topological polar surface area (TPSA) is 19.4 Å². The summed E-state index contributed by atoms with van der Waals surface area (Å²) in [6.45, 7) is 8.86. The molecule has 7 aromatic carbocycles. The summed E-state index contributed by atoms with van der Waals surface area (Å²) >= 11 is 0. The van der Waals surface area contributed by atoms with E-state index in [0.717, 1.165) is 42.5 Å². The molecule has 7 aromatic rings. The van der Waals surface area contributed by atoms with Gasteiger partial charge in [0, 0.05) is 40.8 Å². The van der Waals surface area contributed by atoms with Crippen LogP contribution < -0.4 is 29.4 Å². The zero-order valence-electron chi connectivity index (χ0n) is 30.1. The Morgan fingerprint density at radius 2 is 0.873 bits per heavy atom. The van der Waals surface area contributed by atoms with Gasteiger partial charge in [0.1, 0.15) is 0 Å². The molecule has 6 nitrogen and oxygen atoms in total. The second-order valence-electron chi connectivity index (χ2n) is 13.2. The molecule has 0 amide bonds.